The number of hydrogen-bond acceptors (Lipinski definition) is 4. The Morgan fingerprint density at radius 1 is 0.758 bits per heavy atom. The average Bonchev–Trinajstić information content (AvgIpc) is 2.80. The molecule has 1 aliphatic rings. The smallest absolute Gasteiger partial charge is 0.335 e. The lowest BCUT2D eigenvalue weighted by Gasteiger charge is -2.37. The molecule has 4 rings (SSSR count). The lowest BCUT2D eigenvalue weighted by molar-refractivity contribution is -0.120. The van der Waals surface area contributed by atoms with Gasteiger partial charge in [-0.25, -0.2) is 9.59 Å². The highest BCUT2D eigenvalue weighted by molar-refractivity contribution is 5.88. The first-order chi connectivity index (χ1) is 15.9. The van der Waals surface area contributed by atoms with E-state index in [1.54, 1.807) is 54.6 Å². The molecule has 168 valence electrons. The van der Waals surface area contributed by atoms with Gasteiger partial charge in [-0.1, -0.05) is 49.1 Å². The van der Waals surface area contributed by atoms with Crippen LogP contribution in [-0.2, 0) is 4.79 Å². The Bertz CT molecular complexity index is 1110. The van der Waals surface area contributed by atoms with E-state index in [1.807, 2.05) is 24.3 Å². The Morgan fingerprint density at radius 2 is 1.18 bits per heavy atom. The summed E-state index contributed by atoms with van der Waals surface area (Å²) in [6.45, 7) is 3.98. The van der Waals surface area contributed by atoms with Crippen molar-refractivity contribution >= 4 is 24.5 Å². The van der Waals surface area contributed by atoms with Crippen LogP contribution >= 0.6 is 0 Å². The van der Waals surface area contributed by atoms with Crippen LogP contribution in [0, 0.1) is 0 Å². The van der Waals surface area contributed by atoms with E-state index in [0.29, 0.717) is 35.2 Å². The summed E-state index contributed by atoms with van der Waals surface area (Å²) in [7, 11) is 0. The second-order valence-electron chi connectivity index (χ2n) is 7.63. The van der Waals surface area contributed by atoms with Crippen LogP contribution in [0.1, 0.15) is 62.1 Å². The molecule has 2 atom stereocenters. The largest absolute Gasteiger partial charge is 0.478 e. The molecular formula is C27H24O6. The zero-order chi connectivity index (χ0) is 23.8. The Morgan fingerprint density at radius 3 is 1.55 bits per heavy atom. The van der Waals surface area contributed by atoms with Crippen molar-refractivity contribution in [2.45, 2.75) is 24.7 Å². The van der Waals surface area contributed by atoms with E-state index in [1.165, 1.54) is 11.1 Å². The highest BCUT2D eigenvalue weighted by Crippen LogP contribution is 2.49. The first-order valence-electron chi connectivity index (χ1n) is 10.4. The van der Waals surface area contributed by atoms with Gasteiger partial charge in [-0.05, 0) is 77.8 Å². The summed E-state index contributed by atoms with van der Waals surface area (Å²) >= 11 is 0. The van der Waals surface area contributed by atoms with Crippen LogP contribution in [-0.4, -0.2) is 28.6 Å². The Labute approximate surface area is 191 Å². The van der Waals surface area contributed by atoms with Crippen LogP contribution in [0.3, 0.4) is 0 Å². The molecule has 33 heavy (non-hydrogen) atoms. The van der Waals surface area contributed by atoms with Crippen LogP contribution in [0.2, 0.25) is 0 Å². The zero-order valence-corrected chi connectivity index (χ0v) is 17.9. The van der Waals surface area contributed by atoms with Gasteiger partial charge in [-0.3, -0.25) is 4.79 Å². The third kappa shape index (κ3) is 5.95. The molecule has 0 spiro atoms. The first kappa shape index (κ1) is 23.5. The van der Waals surface area contributed by atoms with Crippen LogP contribution < -0.4 is 4.74 Å². The van der Waals surface area contributed by atoms with E-state index < -0.39 is 11.9 Å². The summed E-state index contributed by atoms with van der Waals surface area (Å²) in [5.74, 6) is -0.412. The van der Waals surface area contributed by atoms with Gasteiger partial charge in [-0.2, -0.15) is 0 Å². The monoisotopic (exact) mass is 444 g/mol. The van der Waals surface area contributed by atoms with Gasteiger partial charge in [-0.15, -0.1) is 0 Å². The molecule has 1 aliphatic carbocycles. The number of carbonyl (C=O) groups is 3. The molecule has 0 amide bonds. The third-order valence-corrected chi connectivity index (χ3v) is 5.75. The van der Waals surface area contributed by atoms with Crippen molar-refractivity contribution in [2.24, 2.45) is 0 Å². The maximum absolute atomic E-state index is 10.9. The summed E-state index contributed by atoms with van der Waals surface area (Å²) < 4.78 is 4.80. The summed E-state index contributed by atoms with van der Waals surface area (Å²) in [5.41, 5.74) is 3.94. The minimum Gasteiger partial charge on any atom is -0.478 e. The molecular weight excluding hydrogens is 420 g/mol. The minimum atomic E-state index is -0.902. The average molecular weight is 444 g/mol. The quantitative estimate of drug-likeness (QED) is 0.460. The van der Waals surface area contributed by atoms with Crippen molar-refractivity contribution in [1.29, 1.82) is 0 Å². The number of carboxylic acids is 2. The summed E-state index contributed by atoms with van der Waals surface area (Å²) in [5, 5.41) is 17.5. The van der Waals surface area contributed by atoms with Crippen molar-refractivity contribution < 1.29 is 29.3 Å². The maximum Gasteiger partial charge on any atom is 0.335 e. The number of aromatic carboxylic acids is 2. The molecule has 1 fully saturated rings. The first-order valence-corrected chi connectivity index (χ1v) is 10.4. The highest BCUT2D eigenvalue weighted by atomic mass is 16.5. The molecule has 6 nitrogen and oxygen atoms in total. The number of carboxylic acid groups (broad SMARTS) is 2. The third-order valence-electron chi connectivity index (χ3n) is 5.75. The number of carbonyl (C=O) groups excluding carboxylic acids is 1. The Kier molecular flexibility index (Phi) is 7.76. The van der Waals surface area contributed by atoms with E-state index in [0.717, 1.165) is 18.4 Å². The van der Waals surface area contributed by atoms with Crippen molar-refractivity contribution in [3.8, 4) is 5.75 Å². The molecule has 6 heteroatoms. The molecule has 2 N–H and O–H groups in total. The number of ether oxygens (including phenoxy) is 1. The standard InChI is InChI=1S/C18H16O4.C9H8O2/c19-11-22-15-7-5-13(6-8-15)17-10-9-16(17)12-1-3-14(4-2-12)18(20)21;1-2-7-3-5-8(6-4-7)9(10)11/h1-8,11,16-17H,9-10H2,(H,20,21);2-6H,1H2,(H,10,11)/t16-,17+;/m1./s1. The summed E-state index contributed by atoms with van der Waals surface area (Å²) in [4.78, 5) is 31.6. The van der Waals surface area contributed by atoms with E-state index in [4.69, 9.17) is 14.9 Å². The van der Waals surface area contributed by atoms with Gasteiger partial charge in [0.2, 0.25) is 0 Å². The van der Waals surface area contributed by atoms with E-state index >= 15 is 0 Å². The van der Waals surface area contributed by atoms with Crippen LogP contribution in [0.25, 0.3) is 6.08 Å². The lowest BCUT2D eigenvalue weighted by Crippen LogP contribution is -2.21. The zero-order valence-electron chi connectivity index (χ0n) is 17.9. The molecule has 0 radical (unpaired) electrons. The van der Waals surface area contributed by atoms with Crippen molar-refractivity contribution in [3.63, 3.8) is 0 Å². The van der Waals surface area contributed by atoms with E-state index in [9.17, 15) is 14.4 Å². The molecule has 0 aromatic heterocycles. The molecule has 0 saturated heterocycles. The highest BCUT2D eigenvalue weighted by Gasteiger charge is 2.33. The van der Waals surface area contributed by atoms with Gasteiger partial charge in [0.15, 0.2) is 0 Å². The van der Waals surface area contributed by atoms with Gasteiger partial charge in [0.05, 0.1) is 11.1 Å². The van der Waals surface area contributed by atoms with Crippen LogP contribution in [0.5, 0.6) is 5.75 Å². The predicted molar refractivity (Wildman–Crippen MR) is 125 cm³/mol. The molecule has 1 saturated carbocycles. The number of hydrogen-bond donors (Lipinski definition) is 2. The van der Waals surface area contributed by atoms with Crippen LogP contribution in [0.4, 0.5) is 0 Å². The predicted octanol–water partition coefficient (Wildman–Crippen LogP) is 5.61. The van der Waals surface area contributed by atoms with Gasteiger partial charge >= 0.3 is 11.9 Å². The summed E-state index contributed by atoms with van der Waals surface area (Å²) in [6.07, 6.45) is 3.88. The fourth-order valence-electron chi connectivity index (χ4n) is 3.78. The van der Waals surface area contributed by atoms with Crippen LogP contribution in [0.15, 0.2) is 79.4 Å². The molecule has 0 heterocycles. The van der Waals surface area contributed by atoms with Crippen molar-refractivity contribution in [1.82, 2.24) is 0 Å². The lowest BCUT2D eigenvalue weighted by atomic mass is 9.67. The minimum absolute atomic E-state index is 0.301. The van der Waals surface area contributed by atoms with Crippen molar-refractivity contribution in [3.05, 3.63) is 107 Å². The second kappa shape index (κ2) is 10.9. The van der Waals surface area contributed by atoms with Gasteiger partial charge in [0.25, 0.3) is 6.47 Å². The molecule has 3 aromatic carbocycles. The topological polar surface area (TPSA) is 101 Å². The number of benzene rings is 3. The van der Waals surface area contributed by atoms with Gasteiger partial charge in [0.1, 0.15) is 5.75 Å². The van der Waals surface area contributed by atoms with Gasteiger partial charge < -0.3 is 14.9 Å². The molecule has 0 aliphatic heterocycles. The fraction of sp³-hybridized carbons (Fsp3) is 0.148. The summed E-state index contributed by atoms with van der Waals surface area (Å²) in [6, 6.07) is 21.3. The van der Waals surface area contributed by atoms with E-state index in [-0.39, 0.29) is 0 Å². The number of rotatable bonds is 7. The maximum atomic E-state index is 10.9. The molecule has 3 aromatic rings. The SMILES string of the molecule is C=Cc1ccc(C(=O)O)cc1.O=COc1ccc([C@@H]2CC[C@@H]2c2ccc(C(=O)O)cc2)cc1. The Hall–Kier alpha value is -4.19. The van der Waals surface area contributed by atoms with Gasteiger partial charge in [0, 0.05) is 0 Å². The second-order valence-corrected chi connectivity index (χ2v) is 7.63. The Balaban J connectivity index is 0.000000235. The normalized spacial score (nSPS) is 16.4. The fourth-order valence-corrected chi connectivity index (χ4v) is 3.78. The molecule has 0 bridgehead atoms. The van der Waals surface area contributed by atoms with Crippen molar-refractivity contribution in [2.75, 3.05) is 0 Å². The molecule has 0 unspecified atom stereocenters. The van der Waals surface area contributed by atoms with E-state index in [2.05, 4.69) is 6.58 Å².